The van der Waals surface area contributed by atoms with Crippen LogP contribution >= 0.6 is 0 Å². The molecule has 1 aromatic carbocycles. The Hall–Kier alpha value is -1.65. The summed E-state index contributed by atoms with van der Waals surface area (Å²) < 4.78 is 7.98. The van der Waals surface area contributed by atoms with Gasteiger partial charge in [-0.15, -0.1) is 0 Å². The van der Waals surface area contributed by atoms with Crippen molar-refractivity contribution in [3.63, 3.8) is 0 Å². The number of morpholine rings is 1. The van der Waals surface area contributed by atoms with Gasteiger partial charge in [0.2, 0.25) is 0 Å². The molecule has 2 aromatic rings. The summed E-state index contributed by atoms with van der Waals surface area (Å²) in [6, 6.07) is 10.6. The molecule has 0 amide bonds. The van der Waals surface area contributed by atoms with E-state index in [0.29, 0.717) is 0 Å². The van der Waals surface area contributed by atoms with E-state index < -0.39 is 0 Å². The first-order valence-electron chi connectivity index (χ1n) is 7.15. The lowest BCUT2D eigenvalue weighted by atomic mass is 10.1. The Bertz CT molecular complexity index is 538. The minimum atomic E-state index is 0.284. The summed E-state index contributed by atoms with van der Waals surface area (Å²) in [5, 5.41) is 0. The van der Waals surface area contributed by atoms with Crippen LogP contribution in [0.2, 0.25) is 0 Å². The molecule has 0 saturated carbocycles. The number of aryl methyl sites for hydroxylation is 1. The SMILES string of the molecule is Cn1ccnc1CN1CCOC(Cc2ccccc2)C1. The molecular formula is C16H21N3O. The first-order valence-corrected chi connectivity index (χ1v) is 7.15. The number of nitrogens with zero attached hydrogens (tertiary/aromatic N) is 3. The number of imidazole rings is 1. The number of rotatable bonds is 4. The summed E-state index contributed by atoms with van der Waals surface area (Å²) in [6.45, 7) is 3.67. The van der Waals surface area contributed by atoms with Gasteiger partial charge in [0.05, 0.1) is 19.3 Å². The van der Waals surface area contributed by atoms with Gasteiger partial charge in [-0.1, -0.05) is 30.3 Å². The third-order valence-electron chi connectivity index (χ3n) is 3.82. The zero-order valence-electron chi connectivity index (χ0n) is 11.9. The molecule has 1 aliphatic rings. The molecule has 1 aromatic heterocycles. The summed E-state index contributed by atoms with van der Waals surface area (Å²) in [5.41, 5.74) is 1.34. The van der Waals surface area contributed by atoms with E-state index in [4.69, 9.17) is 4.74 Å². The quantitative estimate of drug-likeness (QED) is 0.850. The van der Waals surface area contributed by atoms with Gasteiger partial charge in [0.25, 0.3) is 0 Å². The Labute approximate surface area is 120 Å². The van der Waals surface area contributed by atoms with Crippen LogP contribution < -0.4 is 0 Å². The Kier molecular flexibility index (Phi) is 4.14. The highest BCUT2D eigenvalue weighted by molar-refractivity contribution is 5.15. The van der Waals surface area contributed by atoms with Gasteiger partial charge in [0.1, 0.15) is 5.82 Å². The third-order valence-corrected chi connectivity index (χ3v) is 3.82. The van der Waals surface area contributed by atoms with Gasteiger partial charge < -0.3 is 9.30 Å². The largest absolute Gasteiger partial charge is 0.375 e. The number of aromatic nitrogens is 2. The fourth-order valence-corrected chi connectivity index (χ4v) is 2.67. The first kappa shape index (κ1) is 13.3. The average Bonchev–Trinajstić information content (AvgIpc) is 2.86. The van der Waals surface area contributed by atoms with E-state index in [-0.39, 0.29) is 6.10 Å². The molecule has 20 heavy (non-hydrogen) atoms. The predicted molar refractivity (Wildman–Crippen MR) is 78.4 cm³/mol. The van der Waals surface area contributed by atoms with Crippen LogP contribution in [0.4, 0.5) is 0 Å². The summed E-state index contributed by atoms with van der Waals surface area (Å²) in [5.74, 6) is 1.12. The van der Waals surface area contributed by atoms with Crippen molar-refractivity contribution in [2.75, 3.05) is 19.7 Å². The molecule has 0 radical (unpaired) electrons. The second-order valence-electron chi connectivity index (χ2n) is 5.37. The van der Waals surface area contributed by atoms with Gasteiger partial charge >= 0.3 is 0 Å². The van der Waals surface area contributed by atoms with E-state index >= 15 is 0 Å². The molecule has 1 fully saturated rings. The minimum Gasteiger partial charge on any atom is -0.375 e. The van der Waals surface area contributed by atoms with Crippen LogP contribution in [0.5, 0.6) is 0 Å². The molecule has 3 rings (SSSR count). The van der Waals surface area contributed by atoms with Crippen LogP contribution in [0, 0.1) is 0 Å². The van der Waals surface area contributed by atoms with Crippen LogP contribution in [-0.2, 0) is 24.8 Å². The molecule has 0 bridgehead atoms. The molecular weight excluding hydrogens is 250 g/mol. The van der Waals surface area contributed by atoms with Crippen LogP contribution in [0.25, 0.3) is 0 Å². The average molecular weight is 271 g/mol. The van der Waals surface area contributed by atoms with Crippen molar-refractivity contribution in [1.29, 1.82) is 0 Å². The van der Waals surface area contributed by atoms with Gasteiger partial charge in [-0.05, 0) is 12.0 Å². The fraction of sp³-hybridized carbons (Fsp3) is 0.438. The molecule has 0 spiro atoms. The predicted octanol–water partition coefficient (Wildman–Crippen LogP) is 1.86. The summed E-state index contributed by atoms with van der Waals surface area (Å²) >= 11 is 0. The topological polar surface area (TPSA) is 30.3 Å². The Morgan fingerprint density at radius 2 is 2.15 bits per heavy atom. The zero-order chi connectivity index (χ0) is 13.8. The lowest BCUT2D eigenvalue weighted by molar-refractivity contribution is -0.0314. The monoisotopic (exact) mass is 271 g/mol. The van der Waals surface area contributed by atoms with E-state index in [1.807, 2.05) is 19.4 Å². The van der Waals surface area contributed by atoms with Crippen molar-refractivity contribution < 1.29 is 4.74 Å². The second kappa shape index (κ2) is 6.20. The standard InChI is InChI=1S/C16H21N3O/c1-18-8-7-17-16(18)13-19-9-10-20-15(12-19)11-14-5-3-2-4-6-14/h2-8,15H,9-13H2,1H3. The van der Waals surface area contributed by atoms with E-state index in [0.717, 1.165) is 38.5 Å². The van der Waals surface area contributed by atoms with Gasteiger partial charge in [-0.2, -0.15) is 0 Å². The Balaban J connectivity index is 1.58. The van der Waals surface area contributed by atoms with Crippen molar-refractivity contribution in [2.45, 2.75) is 19.1 Å². The maximum absolute atomic E-state index is 5.89. The fourth-order valence-electron chi connectivity index (χ4n) is 2.67. The van der Waals surface area contributed by atoms with E-state index in [1.165, 1.54) is 5.56 Å². The maximum Gasteiger partial charge on any atom is 0.122 e. The number of hydrogen-bond donors (Lipinski definition) is 0. The second-order valence-corrected chi connectivity index (χ2v) is 5.37. The van der Waals surface area contributed by atoms with Crippen LogP contribution in [0.1, 0.15) is 11.4 Å². The maximum atomic E-state index is 5.89. The lowest BCUT2D eigenvalue weighted by Gasteiger charge is -2.32. The molecule has 4 nitrogen and oxygen atoms in total. The molecule has 1 aliphatic heterocycles. The molecule has 106 valence electrons. The molecule has 0 aliphatic carbocycles. The van der Waals surface area contributed by atoms with Gasteiger partial charge in [0, 0.05) is 32.5 Å². The summed E-state index contributed by atoms with van der Waals surface area (Å²) in [7, 11) is 2.05. The Morgan fingerprint density at radius 3 is 2.90 bits per heavy atom. The number of benzene rings is 1. The Morgan fingerprint density at radius 1 is 1.30 bits per heavy atom. The summed E-state index contributed by atoms with van der Waals surface area (Å²) in [6.07, 6.45) is 5.12. The molecule has 4 heteroatoms. The highest BCUT2D eigenvalue weighted by Gasteiger charge is 2.21. The smallest absolute Gasteiger partial charge is 0.122 e. The van der Waals surface area contributed by atoms with Crippen molar-refractivity contribution in [1.82, 2.24) is 14.5 Å². The highest BCUT2D eigenvalue weighted by Crippen LogP contribution is 2.13. The lowest BCUT2D eigenvalue weighted by Crippen LogP contribution is -2.43. The molecule has 1 saturated heterocycles. The van der Waals surface area contributed by atoms with Crippen molar-refractivity contribution >= 4 is 0 Å². The normalized spacial score (nSPS) is 20.1. The first-order chi connectivity index (χ1) is 9.81. The number of hydrogen-bond acceptors (Lipinski definition) is 3. The van der Waals surface area contributed by atoms with Gasteiger partial charge in [-0.25, -0.2) is 4.98 Å². The van der Waals surface area contributed by atoms with E-state index in [1.54, 1.807) is 0 Å². The van der Waals surface area contributed by atoms with Gasteiger partial charge in [-0.3, -0.25) is 4.90 Å². The third kappa shape index (κ3) is 3.26. The van der Waals surface area contributed by atoms with E-state index in [2.05, 4.69) is 44.8 Å². The highest BCUT2D eigenvalue weighted by atomic mass is 16.5. The zero-order valence-corrected chi connectivity index (χ0v) is 11.9. The number of ether oxygens (including phenoxy) is 1. The van der Waals surface area contributed by atoms with Crippen molar-refractivity contribution in [3.8, 4) is 0 Å². The minimum absolute atomic E-state index is 0.284. The van der Waals surface area contributed by atoms with Crippen LogP contribution in [0.3, 0.4) is 0 Å². The van der Waals surface area contributed by atoms with Crippen LogP contribution in [0.15, 0.2) is 42.7 Å². The molecule has 2 heterocycles. The van der Waals surface area contributed by atoms with Crippen molar-refractivity contribution in [2.24, 2.45) is 7.05 Å². The molecule has 1 unspecified atom stereocenters. The molecule has 1 atom stereocenters. The molecule has 0 N–H and O–H groups in total. The van der Waals surface area contributed by atoms with Crippen molar-refractivity contribution in [3.05, 3.63) is 54.1 Å². The van der Waals surface area contributed by atoms with E-state index in [9.17, 15) is 0 Å². The summed E-state index contributed by atoms with van der Waals surface area (Å²) in [4.78, 5) is 6.83. The van der Waals surface area contributed by atoms with Crippen LogP contribution in [-0.4, -0.2) is 40.3 Å². The van der Waals surface area contributed by atoms with Gasteiger partial charge in [0.15, 0.2) is 0 Å².